The quantitative estimate of drug-likeness (QED) is 0.618. The Bertz CT molecular complexity index is 1020. The summed E-state index contributed by atoms with van der Waals surface area (Å²) < 4.78 is 0. The van der Waals surface area contributed by atoms with Crippen LogP contribution in [-0.4, -0.2) is 10.9 Å². The molecule has 1 aliphatic heterocycles. The molecule has 0 unspecified atom stereocenters. The number of pyridine rings is 1. The second kappa shape index (κ2) is 5.28. The van der Waals surface area contributed by atoms with Crippen LogP contribution in [0, 0.1) is 0 Å². The highest BCUT2D eigenvalue weighted by Crippen LogP contribution is 2.39. The smallest absolute Gasteiger partial charge is 0.263 e. The van der Waals surface area contributed by atoms with Crippen LogP contribution in [0.4, 0.5) is 5.69 Å². The summed E-state index contributed by atoms with van der Waals surface area (Å²) in [6, 6.07) is 15.8. The Morgan fingerprint density at radius 2 is 1.76 bits per heavy atom. The number of fused-ring (bicyclic) bond motifs is 2. The molecule has 124 valence electrons. The number of amides is 1. The average molecular weight is 328 g/mol. The molecule has 3 nitrogen and oxygen atoms in total. The van der Waals surface area contributed by atoms with Crippen molar-refractivity contribution in [2.24, 2.45) is 0 Å². The molecule has 0 aliphatic carbocycles. The van der Waals surface area contributed by atoms with E-state index in [4.69, 9.17) is 0 Å². The normalized spacial score (nSPS) is 14.3. The van der Waals surface area contributed by atoms with E-state index >= 15 is 0 Å². The summed E-state index contributed by atoms with van der Waals surface area (Å²) in [7, 11) is 0. The summed E-state index contributed by atoms with van der Waals surface area (Å²) in [5.74, 6) is -0.0430. The topological polar surface area (TPSA) is 33.2 Å². The van der Waals surface area contributed by atoms with Gasteiger partial charge < -0.3 is 0 Å². The fourth-order valence-corrected chi connectivity index (χ4v) is 3.32. The molecular formula is C22H20N2O. The van der Waals surface area contributed by atoms with Crippen LogP contribution in [0.5, 0.6) is 0 Å². The second-order valence-electron chi connectivity index (χ2n) is 7.45. The van der Waals surface area contributed by atoms with Crippen molar-refractivity contribution in [3.8, 4) is 0 Å². The molecule has 1 aromatic heterocycles. The summed E-state index contributed by atoms with van der Waals surface area (Å²) in [6.07, 6.45) is 1.75. The molecule has 3 aromatic rings. The van der Waals surface area contributed by atoms with E-state index < -0.39 is 0 Å². The molecular weight excluding hydrogens is 308 g/mol. The van der Waals surface area contributed by atoms with Crippen LogP contribution in [0.2, 0.25) is 0 Å². The first kappa shape index (κ1) is 15.6. The summed E-state index contributed by atoms with van der Waals surface area (Å²) in [5.41, 5.74) is 5.12. The standard InChI is InChI=1S/C22H20N2O/c1-14-18-13-16(22(2,3)4)10-11-17(18)21(25)24(14)19-9-5-7-15-8-6-12-23-20(15)19/h5-13H,1H2,2-4H3. The minimum Gasteiger partial charge on any atom is -0.275 e. The molecule has 1 aliphatic rings. The Balaban J connectivity index is 1.88. The lowest BCUT2D eigenvalue weighted by molar-refractivity contribution is 0.101. The molecule has 0 saturated heterocycles. The van der Waals surface area contributed by atoms with Crippen molar-refractivity contribution in [1.82, 2.24) is 4.98 Å². The van der Waals surface area contributed by atoms with Crippen molar-refractivity contribution < 1.29 is 4.79 Å². The van der Waals surface area contributed by atoms with Gasteiger partial charge in [0.2, 0.25) is 0 Å². The maximum absolute atomic E-state index is 13.0. The molecule has 0 N–H and O–H groups in total. The largest absolute Gasteiger partial charge is 0.275 e. The fraction of sp³-hybridized carbons (Fsp3) is 0.182. The fourth-order valence-electron chi connectivity index (χ4n) is 3.32. The molecule has 0 atom stereocenters. The Labute approximate surface area is 147 Å². The number of benzene rings is 2. The first-order chi connectivity index (χ1) is 11.9. The van der Waals surface area contributed by atoms with Gasteiger partial charge in [0.25, 0.3) is 5.91 Å². The van der Waals surface area contributed by atoms with Crippen molar-refractivity contribution in [1.29, 1.82) is 0 Å². The molecule has 4 rings (SSSR count). The van der Waals surface area contributed by atoms with Gasteiger partial charge in [0.05, 0.1) is 16.9 Å². The van der Waals surface area contributed by atoms with Crippen molar-refractivity contribution in [2.45, 2.75) is 26.2 Å². The number of nitrogens with zero attached hydrogens (tertiary/aromatic N) is 2. The van der Waals surface area contributed by atoms with Crippen LogP contribution >= 0.6 is 0 Å². The summed E-state index contributed by atoms with van der Waals surface area (Å²) in [6.45, 7) is 10.7. The van der Waals surface area contributed by atoms with Gasteiger partial charge in [0.1, 0.15) is 0 Å². The molecule has 25 heavy (non-hydrogen) atoms. The summed E-state index contributed by atoms with van der Waals surface area (Å²) in [5, 5.41) is 1.01. The zero-order chi connectivity index (χ0) is 17.8. The van der Waals surface area contributed by atoms with Crippen LogP contribution in [0.1, 0.15) is 42.3 Å². The van der Waals surface area contributed by atoms with Crippen molar-refractivity contribution in [2.75, 3.05) is 4.90 Å². The van der Waals surface area contributed by atoms with E-state index in [0.29, 0.717) is 11.3 Å². The number of rotatable bonds is 1. The molecule has 2 heterocycles. The monoisotopic (exact) mass is 328 g/mol. The maximum Gasteiger partial charge on any atom is 0.263 e. The molecule has 0 radical (unpaired) electrons. The van der Waals surface area contributed by atoms with Gasteiger partial charge in [0.15, 0.2) is 0 Å². The Morgan fingerprint density at radius 3 is 2.52 bits per heavy atom. The van der Waals surface area contributed by atoms with E-state index in [2.05, 4.69) is 38.4 Å². The predicted molar refractivity (Wildman–Crippen MR) is 103 cm³/mol. The van der Waals surface area contributed by atoms with E-state index in [9.17, 15) is 4.79 Å². The maximum atomic E-state index is 13.0. The first-order valence-corrected chi connectivity index (χ1v) is 8.40. The van der Waals surface area contributed by atoms with Gasteiger partial charge in [-0.3, -0.25) is 14.7 Å². The number of hydrogen-bond acceptors (Lipinski definition) is 2. The van der Waals surface area contributed by atoms with Crippen molar-refractivity contribution in [3.63, 3.8) is 0 Å². The predicted octanol–water partition coefficient (Wildman–Crippen LogP) is 5.16. The highest BCUT2D eigenvalue weighted by Gasteiger charge is 2.34. The molecule has 0 saturated carbocycles. The molecule has 0 spiro atoms. The number of para-hydroxylation sites is 1. The van der Waals surface area contributed by atoms with E-state index in [1.165, 1.54) is 5.56 Å². The van der Waals surface area contributed by atoms with E-state index in [0.717, 1.165) is 22.2 Å². The third-order valence-electron chi connectivity index (χ3n) is 4.75. The number of aromatic nitrogens is 1. The van der Waals surface area contributed by atoms with Crippen LogP contribution in [0.15, 0.2) is 61.3 Å². The third-order valence-corrected chi connectivity index (χ3v) is 4.75. The highest BCUT2D eigenvalue weighted by molar-refractivity contribution is 6.24. The van der Waals surface area contributed by atoms with Crippen molar-refractivity contribution in [3.05, 3.63) is 78.0 Å². The van der Waals surface area contributed by atoms with Gasteiger partial charge >= 0.3 is 0 Å². The SMILES string of the molecule is C=C1c2cc(C(C)(C)C)ccc2C(=O)N1c1cccc2cccnc12. The van der Waals surface area contributed by atoms with Gasteiger partial charge in [0, 0.05) is 22.7 Å². The Kier molecular flexibility index (Phi) is 3.29. The zero-order valence-electron chi connectivity index (χ0n) is 14.7. The Morgan fingerprint density at radius 1 is 1.00 bits per heavy atom. The number of hydrogen-bond donors (Lipinski definition) is 0. The van der Waals surface area contributed by atoms with Crippen molar-refractivity contribution >= 4 is 28.2 Å². The van der Waals surface area contributed by atoms with Gasteiger partial charge in [-0.2, -0.15) is 0 Å². The van der Waals surface area contributed by atoms with Gasteiger partial charge in [-0.15, -0.1) is 0 Å². The average Bonchev–Trinajstić information content (AvgIpc) is 2.84. The lowest BCUT2D eigenvalue weighted by Gasteiger charge is -2.20. The van der Waals surface area contributed by atoms with Crippen LogP contribution < -0.4 is 4.90 Å². The molecule has 1 amide bonds. The van der Waals surface area contributed by atoms with E-state index in [-0.39, 0.29) is 11.3 Å². The summed E-state index contributed by atoms with van der Waals surface area (Å²) in [4.78, 5) is 19.2. The van der Waals surface area contributed by atoms with Crippen LogP contribution in [0.25, 0.3) is 16.6 Å². The second-order valence-corrected chi connectivity index (χ2v) is 7.45. The summed E-state index contributed by atoms with van der Waals surface area (Å²) >= 11 is 0. The molecule has 3 heteroatoms. The van der Waals surface area contributed by atoms with E-state index in [1.807, 2.05) is 42.5 Å². The number of anilines is 1. The Hall–Kier alpha value is -2.94. The highest BCUT2D eigenvalue weighted by atomic mass is 16.2. The minimum atomic E-state index is -0.0430. The molecule has 0 fully saturated rings. The minimum absolute atomic E-state index is 0.0206. The van der Waals surface area contributed by atoms with Gasteiger partial charge in [-0.1, -0.05) is 51.6 Å². The number of carbonyl (C=O) groups excluding carboxylic acids is 1. The van der Waals surface area contributed by atoms with Crippen LogP contribution in [0.3, 0.4) is 0 Å². The van der Waals surface area contributed by atoms with Gasteiger partial charge in [-0.25, -0.2) is 0 Å². The first-order valence-electron chi connectivity index (χ1n) is 8.40. The zero-order valence-corrected chi connectivity index (χ0v) is 14.7. The van der Waals surface area contributed by atoms with Gasteiger partial charge in [-0.05, 0) is 35.2 Å². The molecule has 0 bridgehead atoms. The lowest BCUT2D eigenvalue weighted by Crippen LogP contribution is -2.22. The third kappa shape index (κ3) is 2.35. The van der Waals surface area contributed by atoms with Crippen LogP contribution in [-0.2, 0) is 5.41 Å². The molecule has 2 aromatic carbocycles. The van der Waals surface area contributed by atoms with E-state index in [1.54, 1.807) is 11.1 Å². The lowest BCUT2D eigenvalue weighted by atomic mass is 9.85. The number of carbonyl (C=O) groups is 1.